The molecular formula is C23H19N3O3S. The Bertz CT molecular complexity index is 1260. The van der Waals surface area contributed by atoms with Crippen LogP contribution in [-0.4, -0.2) is 22.2 Å². The van der Waals surface area contributed by atoms with E-state index in [0.717, 1.165) is 27.1 Å². The molecule has 150 valence electrons. The predicted octanol–water partition coefficient (Wildman–Crippen LogP) is 4.31. The number of ether oxygens (including phenoxy) is 1. The second kappa shape index (κ2) is 8.75. The number of hydrogen-bond donors (Lipinski definition) is 1. The van der Waals surface area contributed by atoms with E-state index in [0.29, 0.717) is 16.8 Å². The minimum atomic E-state index is -0.427. The second-order valence-electron chi connectivity index (χ2n) is 6.43. The Balaban J connectivity index is 1.55. The van der Waals surface area contributed by atoms with Gasteiger partial charge in [-0.1, -0.05) is 42.5 Å². The molecule has 2 aromatic heterocycles. The summed E-state index contributed by atoms with van der Waals surface area (Å²) < 4.78 is 6.52. The first-order chi connectivity index (χ1) is 14.7. The van der Waals surface area contributed by atoms with Gasteiger partial charge >= 0.3 is 0 Å². The number of nitrogens with zero attached hydrogens (tertiary/aromatic N) is 2. The Hall–Kier alpha value is -3.71. The zero-order valence-electron chi connectivity index (χ0n) is 16.2. The van der Waals surface area contributed by atoms with E-state index < -0.39 is 5.91 Å². The smallest absolute Gasteiger partial charge is 0.281 e. The van der Waals surface area contributed by atoms with Gasteiger partial charge in [-0.25, -0.2) is 9.66 Å². The van der Waals surface area contributed by atoms with Crippen molar-refractivity contribution in [1.82, 2.24) is 9.66 Å². The molecule has 0 aliphatic heterocycles. The monoisotopic (exact) mass is 417 g/mol. The lowest BCUT2D eigenvalue weighted by molar-refractivity contribution is -0.112. The maximum atomic E-state index is 13.0. The third kappa shape index (κ3) is 4.16. The molecule has 4 rings (SSSR count). The fraction of sp³-hybridized carbons (Fsp3) is 0.0870. The van der Waals surface area contributed by atoms with Crippen LogP contribution in [0, 0.1) is 0 Å². The van der Waals surface area contributed by atoms with E-state index in [9.17, 15) is 9.59 Å². The van der Waals surface area contributed by atoms with Crippen LogP contribution in [0.3, 0.4) is 0 Å². The number of rotatable bonds is 6. The molecule has 0 aliphatic carbocycles. The van der Waals surface area contributed by atoms with E-state index in [4.69, 9.17) is 4.74 Å². The average Bonchev–Trinajstić information content (AvgIpc) is 3.21. The summed E-state index contributed by atoms with van der Waals surface area (Å²) in [5.41, 5.74) is 4.84. The molecule has 0 fully saturated rings. The second-order valence-corrected chi connectivity index (χ2v) is 7.28. The average molecular weight is 417 g/mol. The van der Waals surface area contributed by atoms with Crippen LogP contribution in [-0.2, 0) is 4.79 Å². The van der Waals surface area contributed by atoms with Gasteiger partial charge in [-0.05, 0) is 36.3 Å². The van der Waals surface area contributed by atoms with Crippen LogP contribution >= 0.6 is 11.3 Å². The fourth-order valence-corrected chi connectivity index (χ4v) is 3.92. The molecule has 0 aliphatic rings. The molecule has 30 heavy (non-hydrogen) atoms. The molecule has 0 saturated heterocycles. The van der Waals surface area contributed by atoms with E-state index in [1.165, 1.54) is 23.7 Å². The van der Waals surface area contributed by atoms with Gasteiger partial charge in [-0.15, -0.1) is 11.3 Å². The highest BCUT2D eigenvalue weighted by atomic mass is 32.1. The van der Waals surface area contributed by atoms with Gasteiger partial charge in [-0.3, -0.25) is 15.0 Å². The Morgan fingerprint density at radius 2 is 1.93 bits per heavy atom. The van der Waals surface area contributed by atoms with Crippen LogP contribution in [0.15, 0.2) is 77.2 Å². The lowest BCUT2D eigenvalue weighted by Crippen LogP contribution is -2.32. The van der Waals surface area contributed by atoms with Gasteiger partial charge in [0.25, 0.3) is 11.5 Å². The molecule has 0 bridgehead atoms. The van der Waals surface area contributed by atoms with Crippen molar-refractivity contribution < 1.29 is 9.53 Å². The molecule has 2 heterocycles. The van der Waals surface area contributed by atoms with E-state index in [1.807, 2.05) is 66.9 Å². The van der Waals surface area contributed by atoms with Crippen molar-refractivity contribution in [2.75, 3.05) is 12.0 Å². The summed E-state index contributed by atoms with van der Waals surface area (Å²) in [5, 5.41) is 2.40. The molecule has 1 amide bonds. The van der Waals surface area contributed by atoms with Crippen LogP contribution in [0.1, 0.15) is 12.5 Å². The highest BCUT2D eigenvalue weighted by molar-refractivity contribution is 7.17. The van der Waals surface area contributed by atoms with Gasteiger partial charge in [0.05, 0.1) is 12.0 Å². The zero-order chi connectivity index (χ0) is 20.9. The van der Waals surface area contributed by atoms with Crippen LogP contribution in [0.5, 0.6) is 5.75 Å². The maximum Gasteiger partial charge on any atom is 0.281 e. The van der Waals surface area contributed by atoms with E-state index in [1.54, 1.807) is 6.08 Å². The summed E-state index contributed by atoms with van der Waals surface area (Å²) >= 11 is 1.40. The standard InChI is InChI=1S/C23H19N3O3S/c1-2-29-18-11-8-16(9-12-18)10-13-20(27)25-26-15-24-22-21(23(26)28)19(14-30-22)17-6-4-3-5-7-17/h3-15H,2H2,1H3,(H,25,27). The first-order valence-corrected chi connectivity index (χ1v) is 10.3. The number of amides is 1. The molecule has 0 unspecified atom stereocenters. The van der Waals surface area contributed by atoms with Gasteiger partial charge in [0.15, 0.2) is 0 Å². The summed E-state index contributed by atoms with van der Waals surface area (Å²) in [6.45, 7) is 2.52. The molecule has 0 atom stereocenters. The lowest BCUT2D eigenvalue weighted by Gasteiger charge is -2.06. The SMILES string of the molecule is CCOc1ccc(C=CC(=O)Nn2cnc3scc(-c4ccccc4)c3c2=O)cc1. The number of thiophene rings is 1. The largest absolute Gasteiger partial charge is 0.494 e. The molecular weight excluding hydrogens is 398 g/mol. The van der Waals surface area contributed by atoms with Gasteiger partial charge in [0.2, 0.25) is 0 Å². The Morgan fingerprint density at radius 3 is 2.67 bits per heavy atom. The number of nitrogens with one attached hydrogen (secondary N) is 1. The zero-order valence-corrected chi connectivity index (χ0v) is 17.1. The molecule has 2 aromatic carbocycles. The van der Waals surface area contributed by atoms with Crippen LogP contribution in [0.2, 0.25) is 0 Å². The van der Waals surface area contributed by atoms with Crippen molar-refractivity contribution in [3.05, 3.63) is 88.3 Å². The van der Waals surface area contributed by atoms with Crippen LogP contribution < -0.4 is 15.7 Å². The lowest BCUT2D eigenvalue weighted by atomic mass is 10.1. The van der Waals surface area contributed by atoms with Crippen molar-refractivity contribution in [2.24, 2.45) is 0 Å². The number of hydrogen-bond acceptors (Lipinski definition) is 5. The van der Waals surface area contributed by atoms with Crippen molar-refractivity contribution in [1.29, 1.82) is 0 Å². The summed E-state index contributed by atoms with van der Waals surface area (Å²) in [5.74, 6) is 0.346. The van der Waals surface area contributed by atoms with Crippen molar-refractivity contribution in [2.45, 2.75) is 6.92 Å². The molecule has 1 N–H and O–H groups in total. The van der Waals surface area contributed by atoms with E-state index in [-0.39, 0.29) is 5.56 Å². The molecule has 0 radical (unpaired) electrons. The first-order valence-electron chi connectivity index (χ1n) is 9.42. The highest BCUT2D eigenvalue weighted by Gasteiger charge is 2.13. The minimum absolute atomic E-state index is 0.317. The predicted molar refractivity (Wildman–Crippen MR) is 120 cm³/mol. The maximum absolute atomic E-state index is 13.0. The normalized spacial score (nSPS) is 11.1. The van der Waals surface area contributed by atoms with E-state index >= 15 is 0 Å². The van der Waals surface area contributed by atoms with Gasteiger partial charge in [-0.2, -0.15) is 0 Å². The highest BCUT2D eigenvalue weighted by Crippen LogP contribution is 2.30. The summed E-state index contributed by atoms with van der Waals surface area (Å²) in [7, 11) is 0. The topological polar surface area (TPSA) is 73.2 Å². The van der Waals surface area contributed by atoms with Gasteiger partial charge < -0.3 is 4.74 Å². The Labute approximate surface area is 177 Å². The molecule has 6 nitrogen and oxygen atoms in total. The van der Waals surface area contributed by atoms with Crippen molar-refractivity contribution in [3.63, 3.8) is 0 Å². The number of aromatic nitrogens is 2. The third-order valence-corrected chi connectivity index (χ3v) is 5.31. The summed E-state index contributed by atoms with van der Waals surface area (Å²) in [6.07, 6.45) is 4.37. The molecule has 7 heteroatoms. The summed E-state index contributed by atoms with van der Waals surface area (Å²) in [4.78, 5) is 30.2. The number of carbonyl (C=O) groups is 1. The van der Waals surface area contributed by atoms with Gasteiger partial charge in [0.1, 0.15) is 16.9 Å². The van der Waals surface area contributed by atoms with Crippen molar-refractivity contribution in [3.8, 4) is 16.9 Å². The number of fused-ring (bicyclic) bond motifs is 1. The van der Waals surface area contributed by atoms with Crippen LogP contribution in [0.4, 0.5) is 0 Å². The Kier molecular flexibility index (Phi) is 5.72. The number of benzene rings is 2. The molecule has 4 aromatic rings. The first kappa shape index (κ1) is 19.6. The molecule has 0 spiro atoms. The van der Waals surface area contributed by atoms with E-state index in [2.05, 4.69) is 10.4 Å². The van der Waals surface area contributed by atoms with Crippen LogP contribution in [0.25, 0.3) is 27.4 Å². The van der Waals surface area contributed by atoms with Crippen molar-refractivity contribution >= 4 is 33.5 Å². The van der Waals surface area contributed by atoms with Gasteiger partial charge in [0, 0.05) is 17.0 Å². The minimum Gasteiger partial charge on any atom is -0.494 e. The summed E-state index contributed by atoms with van der Waals surface area (Å²) in [6, 6.07) is 17.0. The number of carbonyl (C=O) groups excluding carboxylic acids is 1. The quantitative estimate of drug-likeness (QED) is 0.475. The fourth-order valence-electron chi connectivity index (χ4n) is 3.01. The molecule has 0 saturated carbocycles. The third-order valence-electron chi connectivity index (χ3n) is 4.43. The Morgan fingerprint density at radius 1 is 1.17 bits per heavy atom.